The molecule has 1 aromatic heterocycles. The van der Waals surface area contributed by atoms with E-state index in [1.807, 2.05) is 23.5 Å². The lowest BCUT2D eigenvalue weighted by Crippen LogP contribution is -2.17. The Bertz CT molecular complexity index is 619. The molecular formula is C16H20N2OS. The largest absolute Gasteiger partial charge is 0.398 e. The normalized spacial score (nSPS) is 12.2. The zero-order chi connectivity index (χ0) is 14.7. The summed E-state index contributed by atoms with van der Waals surface area (Å²) < 4.78 is 0. The molecule has 0 spiro atoms. The second-order valence-corrected chi connectivity index (χ2v) is 6.49. The number of nitrogens with two attached hydrogens (primary N) is 1. The molecule has 3 N–H and O–H groups in total. The Hall–Kier alpha value is -1.81. The number of anilines is 2. The Morgan fingerprint density at radius 1 is 1.35 bits per heavy atom. The first-order chi connectivity index (χ1) is 9.45. The molecule has 4 heteroatoms. The number of hydrogen-bond acceptors (Lipinski definition) is 4. The van der Waals surface area contributed by atoms with E-state index in [1.54, 1.807) is 6.07 Å². The molecule has 0 fully saturated rings. The number of benzene rings is 1. The molecule has 1 unspecified atom stereocenters. The first kappa shape index (κ1) is 14.6. The number of rotatable bonds is 5. The van der Waals surface area contributed by atoms with Crippen molar-refractivity contribution >= 4 is 28.5 Å². The molecular weight excluding hydrogens is 268 g/mol. The van der Waals surface area contributed by atoms with Crippen LogP contribution in [0.25, 0.3) is 0 Å². The highest BCUT2D eigenvalue weighted by atomic mass is 32.1. The van der Waals surface area contributed by atoms with Crippen LogP contribution in [0.1, 0.15) is 34.0 Å². The highest BCUT2D eigenvalue weighted by Crippen LogP contribution is 2.21. The van der Waals surface area contributed by atoms with Crippen LogP contribution < -0.4 is 11.1 Å². The van der Waals surface area contributed by atoms with Gasteiger partial charge in [0.25, 0.3) is 0 Å². The Morgan fingerprint density at radius 3 is 2.70 bits per heavy atom. The number of carbonyl (C=O) groups excluding carboxylic acids is 1. The molecule has 1 atom stereocenters. The van der Waals surface area contributed by atoms with Crippen molar-refractivity contribution in [1.29, 1.82) is 0 Å². The van der Waals surface area contributed by atoms with Crippen molar-refractivity contribution in [3.8, 4) is 0 Å². The summed E-state index contributed by atoms with van der Waals surface area (Å²) in [6, 6.07) is 10.1. The molecule has 0 saturated carbocycles. The van der Waals surface area contributed by atoms with E-state index in [-0.39, 0.29) is 5.78 Å². The molecule has 20 heavy (non-hydrogen) atoms. The van der Waals surface area contributed by atoms with Crippen LogP contribution in [-0.2, 0) is 6.42 Å². The van der Waals surface area contributed by atoms with Gasteiger partial charge in [-0.3, -0.25) is 4.79 Å². The third kappa shape index (κ3) is 3.61. The number of Topliss-reactive ketones (excluding diaryl/α,β-unsaturated/α-hetero) is 1. The number of nitrogen functional groups attached to an aromatic ring is 1. The minimum atomic E-state index is -0.00677. The van der Waals surface area contributed by atoms with Gasteiger partial charge in [0.05, 0.1) is 0 Å². The van der Waals surface area contributed by atoms with Crippen LogP contribution in [-0.4, -0.2) is 11.8 Å². The smallest absolute Gasteiger partial charge is 0.161 e. The summed E-state index contributed by atoms with van der Waals surface area (Å²) >= 11 is 1.82. The third-order valence-corrected chi connectivity index (χ3v) is 4.17. The first-order valence-corrected chi connectivity index (χ1v) is 7.49. The Morgan fingerprint density at radius 2 is 2.10 bits per heavy atom. The third-order valence-electron chi connectivity index (χ3n) is 3.15. The van der Waals surface area contributed by atoms with E-state index < -0.39 is 0 Å². The molecule has 1 heterocycles. The van der Waals surface area contributed by atoms with Gasteiger partial charge < -0.3 is 11.1 Å². The van der Waals surface area contributed by atoms with Crippen molar-refractivity contribution in [1.82, 2.24) is 0 Å². The van der Waals surface area contributed by atoms with Crippen molar-refractivity contribution < 1.29 is 4.79 Å². The van der Waals surface area contributed by atoms with E-state index in [1.165, 1.54) is 16.7 Å². The fraction of sp³-hybridized carbons (Fsp3) is 0.312. The van der Waals surface area contributed by atoms with Crippen LogP contribution in [0.3, 0.4) is 0 Å². The molecule has 0 aliphatic carbocycles. The molecule has 106 valence electrons. The van der Waals surface area contributed by atoms with Gasteiger partial charge in [0.1, 0.15) is 0 Å². The Balaban J connectivity index is 2.06. The van der Waals surface area contributed by atoms with Crippen LogP contribution in [0.4, 0.5) is 11.4 Å². The summed E-state index contributed by atoms with van der Waals surface area (Å²) in [7, 11) is 0. The summed E-state index contributed by atoms with van der Waals surface area (Å²) in [5.74, 6) is -0.00677. The maximum atomic E-state index is 11.5. The maximum absolute atomic E-state index is 11.5. The minimum Gasteiger partial charge on any atom is -0.398 e. The maximum Gasteiger partial charge on any atom is 0.161 e. The van der Waals surface area contributed by atoms with E-state index in [0.717, 1.165) is 12.1 Å². The highest BCUT2D eigenvalue weighted by Gasteiger charge is 2.09. The number of nitrogens with one attached hydrogen (secondary N) is 1. The predicted molar refractivity (Wildman–Crippen MR) is 86.7 cm³/mol. The number of carbonyl (C=O) groups is 1. The zero-order valence-corrected chi connectivity index (χ0v) is 12.9. The summed E-state index contributed by atoms with van der Waals surface area (Å²) in [6.45, 7) is 5.79. The molecule has 0 aliphatic heterocycles. The van der Waals surface area contributed by atoms with Crippen LogP contribution in [0.15, 0.2) is 30.3 Å². The molecule has 0 radical (unpaired) electrons. The Labute approximate surface area is 123 Å². The lowest BCUT2D eigenvalue weighted by atomic mass is 10.1. The average Bonchev–Trinajstić information content (AvgIpc) is 2.76. The summed E-state index contributed by atoms with van der Waals surface area (Å²) in [5.41, 5.74) is 7.85. The molecule has 3 nitrogen and oxygen atoms in total. The van der Waals surface area contributed by atoms with Crippen molar-refractivity contribution in [2.45, 2.75) is 33.2 Å². The topological polar surface area (TPSA) is 55.1 Å². The average molecular weight is 288 g/mol. The van der Waals surface area contributed by atoms with Gasteiger partial charge in [-0.25, -0.2) is 0 Å². The fourth-order valence-electron chi connectivity index (χ4n) is 2.18. The van der Waals surface area contributed by atoms with Crippen molar-refractivity contribution in [2.75, 3.05) is 11.1 Å². The molecule has 2 rings (SSSR count). The van der Waals surface area contributed by atoms with Gasteiger partial charge in [0.2, 0.25) is 0 Å². The number of aryl methyl sites for hydroxylation is 1. The minimum absolute atomic E-state index is 0.00677. The van der Waals surface area contributed by atoms with E-state index in [9.17, 15) is 4.79 Å². The number of thiophene rings is 1. The predicted octanol–water partition coefficient (Wildman–Crippen LogP) is 3.88. The summed E-state index contributed by atoms with van der Waals surface area (Å²) in [5, 5.41) is 3.42. The number of ketones is 1. The Kier molecular flexibility index (Phi) is 4.45. The van der Waals surface area contributed by atoms with Crippen molar-refractivity contribution in [2.24, 2.45) is 0 Å². The van der Waals surface area contributed by atoms with Gasteiger partial charge >= 0.3 is 0 Å². The monoisotopic (exact) mass is 288 g/mol. The molecule has 0 amide bonds. The molecule has 0 aliphatic rings. The van der Waals surface area contributed by atoms with Gasteiger partial charge in [-0.2, -0.15) is 0 Å². The van der Waals surface area contributed by atoms with Crippen LogP contribution >= 0.6 is 11.3 Å². The van der Waals surface area contributed by atoms with E-state index in [4.69, 9.17) is 5.73 Å². The van der Waals surface area contributed by atoms with Crippen LogP contribution in [0, 0.1) is 6.92 Å². The highest BCUT2D eigenvalue weighted by molar-refractivity contribution is 7.11. The van der Waals surface area contributed by atoms with Gasteiger partial charge in [-0.1, -0.05) is 0 Å². The standard InChI is InChI=1S/C16H20N2OS/c1-10(8-14-6-4-11(2)20-14)18-13-5-7-16(17)15(9-13)12(3)19/h4-7,9-10,18H,8,17H2,1-3H3. The second-order valence-electron chi connectivity index (χ2n) is 5.12. The SMILES string of the molecule is CC(=O)c1cc(NC(C)Cc2ccc(C)s2)ccc1N. The molecule has 2 aromatic rings. The van der Waals surface area contributed by atoms with Crippen LogP contribution in [0.2, 0.25) is 0 Å². The van der Waals surface area contributed by atoms with Gasteiger partial charge in [-0.05, 0) is 51.1 Å². The summed E-state index contributed by atoms with van der Waals surface area (Å²) in [6.07, 6.45) is 0.971. The lowest BCUT2D eigenvalue weighted by molar-refractivity contribution is 0.101. The number of hydrogen-bond donors (Lipinski definition) is 2. The second kappa shape index (κ2) is 6.09. The van der Waals surface area contributed by atoms with Crippen molar-refractivity contribution in [3.63, 3.8) is 0 Å². The summed E-state index contributed by atoms with van der Waals surface area (Å²) in [4.78, 5) is 14.2. The molecule has 0 bridgehead atoms. The lowest BCUT2D eigenvalue weighted by Gasteiger charge is -2.15. The van der Waals surface area contributed by atoms with Crippen LogP contribution in [0.5, 0.6) is 0 Å². The van der Waals surface area contributed by atoms with Gasteiger partial charge in [0, 0.05) is 39.2 Å². The molecule has 1 aromatic carbocycles. The van der Waals surface area contributed by atoms with Crippen molar-refractivity contribution in [3.05, 3.63) is 45.6 Å². The fourth-order valence-corrected chi connectivity index (χ4v) is 3.20. The first-order valence-electron chi connectivity index (χ1n) is 6.68. The van der Waals surface area contributed by atoms with E-state index >= 15 is 0 Å². The van der Waals surface area contributed by atoms with Gasteiger partial charge in [-0.15, -0.1) is 11.3 Å². The molecule has 0 saturated heterocycles. The van der Waals surface area contributed by atoms with Gasteiger partial charge in [0.15, 0.2) is 5.78 Å². The van der Waals surface area contributed by atoms with E-state index in [0.29, 0.717) is 17.3 Å². The van der Waals surface area contributed by atoms with E-state index in [2.05, 4.69) is 31.3 Å². The quantitative estimate of drug-likeness (QED) is 0.648. The zero-order valence-electron chi connectivity index (χ0n) is 12.1.